The van der Waals surface area contributed by atoms with Gasteiger partial charge in [-0.1, -0.05) is 5.10 Å². The van der Waals surface area contributed by atoms with E-state index in [-0.39, 0.29) is 12.1 Å². The molecule has 1 aliphatic rings. The van der Waals surface area contributed by atoms with Crippen molar-refractivity contribution >= 4 is 6.01 Å². The molecule has 16 heavy (non-hydrogen) atoms. The van der Waals surface area contributed by atoms with E-state index < -0.39 is 0 Å². The lowest BCUT2D eigenvalue weighted by Gasteiger charge is -2.21. The predicted octanol–water partition coefficient (Wildman–Crippen LogP) is 0.941. The molecule has 6 heteroatoms. The normalized spacial score (nSPS) is 23.0. The van der Waals surface area contributed by atoms with E-state index in [0.29, 0.717) is 18.5 Å². The quantitative estimate of drug-likeness (QED) is 0.796. The van der Waals surface area contributed by atoms with Crippen LogP contribution in [0.1, 0.15) is 31.7 Å². The fourth-order valence-electron chi connectivity index (χ4n) is 1.62. The van der Waals surface area contributed by atoms with Crippen LogP contribution in [0.2, 0.25) is 0 Å². The van der Waals surface area contributed by atoms with Gasteiger partial charge in [-0.05, 0) is 26.8 Å². The van der Waals surface area contributed by atoms with Gasteiger partial charge in [0.05, 0.1) is 18.7 Å². The molecule has 1 saturated heterocycles. The van der Waals surface area contributed by atoms with E-state index in [1.807, 2.05) is 14.0 Å². The Kier molecular flexibility index (Phi) is 3.74. The van der Waals surface area contributed by atoms with Crippen LogP contribution in [-0.2, 0) is 4.74 Å². The summed E-state index contributed by atoms with van der Waals surface area (Å²) in [5.41, 5.74) is 0. The minimum Gasteiger partial charge on any atom is -0.406 e. The van der Waals surface area contributed by atoms with E-state index in [1.54, 1.807) is 0 Å². The van der Waals surface area contributed by atoms with Crippen LogP contribution in [0.5, 0.6) is 0 Å². The third-order valence-electron chi connectivity index (χ3n) is 2.73. The van der Waals surface area contributed by atoms with Crippen molar-refractivity contribution in [2.45, 2.75) is 31.8 Å². The number of hydrogen-bond donors (Lipinski definition) is 2. The van der Waals surface area contributed by atoms with Crippen LogP contribution in [0, 0.1) is 0 Å². The number of hydrogen-bond acceptors (Lipinski definition) is 6. The van der Waals surface area contributed by atoms with E-state index in [1.165, 1.54) is 0 Å². The summed E-state index contributed by atoms with van der Waals surface area (Å²) in [7, 11) is 1.86. The van der Waals surface area contributed by atoms with Gasteiger partial charge in [-0.3, -0.25) is 0 Å². The molecule has 0 aromatic carbocycles. The summed E-state index contributed by atoms with van der Waals surface area (Å²) in [5, 5.41) is 14.2. The second kappa shape index (κ2) is 5.27. The van der Waals surface area contributed by atoms with Crippen molar-refractivity contribution < 1.29 is 9.15 Å². The van der Waals surface area contributed by atoms with Crippen molar-refractivity contribution in [3.63, 3.8) is 0 Å². The van der Waals surface area contributed by atoms with Gasteiger partial charge in [-0.2, -0.15) is 0 Å². The molecule has 0 spiro atoms. The number of rotatable bonds is 4. The number of ether oxygens (including phenoxy) is 1. The molecule has 0 bridgehead atoms. The smallest absolute Gasteiger partial charge is 0.315 e. The monoisotopic (exact) mass is 226 g/mol. The van der Waals surface area contributed by atoms with Gasteiger partial charge in [-0.25, -0.2) is 0 Å². The van der Waals surface area contributed by atoms with Crippen molar-refractivity contribution in [2.75, 3.05) is 25.6 Å². The highest BCUT2D eigenvalue weighted by atomic mass is 16.5. The maximum absolute atomic E-state index is 5.49. The Balaban J connectivity index is 1.91. The minimum absolute atomic E-state index is 0.0747. The fourth-order valence-corrected chi connectivity index (χ4v) is 1.62. The Labute approximate surface area is 94.8 Å². The van der Waals surface area contributed by atoms with E-state index >= 15 is 0 Å². The molecule has 0 amide bonds. The second-order valence-electron chi connectivity index (χ2n) is 4.01. The van der Waals surface area contributed by atoms with E-state index in [2.05, 4.69) is 20.8 Å². The minimum atomic E-state index is 0.0747. The van der Waals surface area contributed by atoms with Gasteiger partial charge >= 0.3 is 6.01 Å². The van der Waals surface area contributed by atoms with Crippen LogP contribution in [0.3, 0.4) is 0 Å². The van der Waals surface area contributed by atoms with E-state index in [0.717, 1.165) is 19.4 Å². The van der Waals surface area contributed by atoms with Gasteiger partial charge in [0.25, 0.3) is 0 Å². The van der Waals surface area contributed by atoms with Crippen molar-refractivity contribution in [1.29, 1.82) is 0 Å². The summed E-state index contributed by atoms with van der Waals surface area (Å²) in [6.45, 7) is 3.53. The molecule has 1 aromatic heterocycles. The Bertz CT molecular complexity index is 322. The molecular formula is C10H18N4O2. The standard InChI is InChI=1S/C10H18N4O2/c1-7(11-2)9-13-14-10(16-9)12-8-4-3-5-15-6-8/h7-8,11H,3-6H2,1-2H3,(H,12,14). The number of aromatic nitrogens is 2. The summed E-state index contributed by atoms with van der Waals surface area (Å²) >= 11 is 0. The molecule has 2 heterocycles. The Morgan fingerprint density at radius 3 is 3.00 bits per heavy atom. The first-order valence-electron chi connectivity index (χ1n) is 5.64. The molecule has 1 aliphatic heterocycles. The highest BCUT2D eigenvalue weighted by Crippen LogP contribution is 2.16. The van der Waals surface area contributed by atoms with Gasteiger partial charge in [0.15, 0.2) is 0 Å². The lowest BCUT2D eigenvalue weighted by atomic mass is 10.1. The lowest BCUT2D eigenvalue weighted by Crippen LogP contribution is -2.30. The highest BCUT2D eigenvalue weighted by Gasteiger charge is 2.17. The largest absolute Gasteiger partial charge is 0.406 e. The van der Waals surface area contributed by atoms with Gasteiger partial charge in [0.1, 0.15) is 0 Å². The third-order valence-corrected chi connectivity index (χ3v) is 2.73. The lowest BCUT2D eigenvalue weighted by molar-refractivity contribution is 0.0868. The first kappa shape index (κ1) is 11.3. The zero-order valence-corrected chi connectivity index (χ0v) is 9.69. The number of anilines is 1. The van der Waals surface area contributed by atoms with Crippen LogP contribution < -0.4 is 10.6 Å². The number of nitrogens with zero attached hydrogens (tertiary/aromatic N) is 2. The van der Waals surface area contributed by atoms with Crippen molar-refractivity contribution in [3.8, 4) is 0 Å². The van der Waals surface area contributed by atoms with Crippen LogP contribution in [0.4, 0.5) is 6.01 Å². The van der Waals surface area contributed by atoms with Gasteiger partial charge < -0.3 is 19.8 Å². The zero-order valence-electron chi connectivity index (χ0n) is 9.69. The Morgan fingerprint density at radius 2 is 2.31 bits per heavy atom. The summed E-state index contributed by atoms with van der Waals surface area (Å²) in [4.78, 5) is 0. The van der Waals surface area contributed by atoms with E-state index in [4.69, 9.17) is 9.15 Å². The second-order valence-corrected chi connectivity index (χ2v) is 4.01. The topological polar surface area (TPSA) is 72.2 Å². The average molecular weight is 226 g/mol. The summed E-state index contributed by atoms with van der Waals surface area (Å²) < 4.78 is 10.9. The summed E-state index contributed by atoms with van der Waals surface area (Å²) in [5.74, 6) is 0.599. The maximum atomic E-state index is 5.49. The van der Waals surface area contributed by atoms with Crippen LogP contribution in [-0.4, -0.2) is 36.5 Å². The molecular weight excluding hydrogens is 208 g/mol. The molecule has 0 saturated carbocycles. The molecule has 0 aliphatic carbocycles. The van der Waals surface area contributed by atoms with Crippen LogP contribution in [0.25, 0.3) is 0 Å². The molecule has 90 valence electrons. The molecule has 2 unspecified atom stereocenters. The Hall–Kier alpha value is -1.14. The van der Waals surface area contributed by atoms with Crippen molar-refractivity contribution in [3.05, 3.63) is 5.89 Å². The summed E-state index contributed by atoms with van der Waals surface area (Å²) in [6.07, 6.45) is 2.16. The SMILES string of the molecule is CNC(C)c1nnc(NC2CCCOC2)o1. The van der Waals surface area contributed by atoms with Crippen molar-refractivity contribution in [2.24, 2.45) is 0 Å². The van der Waals surface area contributed by atoms with Gasteiger partial charge in [0, 0.05) is 6.61 Å². The number of nitrogens with one attached hydrogen (secondary N) is 2. The fraction of sp³-hybridized carbons (Fsp3) is 0.800. The Morgan fingerprint density at radius 1 is 1.44 bits per heavy atom. The van der Waals surface area contributed by atoms with E-state index in [9.17, 15) is 0 Å². The first-order valence-corrected chi connectivity index (χ1v) is 5.64. The first-order chi connectivity index (χ1) is 7.79. The molecule has 6 nitrogen and oxygen atoms in total. The average Bonchev–Trinajstić information content (AvgIpc) is 2.78. The molecule has 1 aromatic rings. The third kappa shape index (κ3) is 2.70. The maximum Gasteiger partial charge on any atom is 0.315 e. The van der Waals surface area contributed by atoms with Crippen molar-refractivity contribution in [1.82, 2.24) is 15.5 Å². The van der Waals surface area contributed by atoms with Gasteiger partial charge in [-0.15, -0.1) is 5.10 Å². The zero-order chi connectivity index (χ0) is 11.4. The predicted molar refractivity (Wildman–Crippen MR) is 59.2 cm³/mol. The molecule has 2 N–H and O–H groups in total. The summed E-state index contributed by atoms with van der Waals surface area (Å²) in [6, 6.07) is 0.838. The molecule has 2 atom stereocenters. The van der Waals surface area contributed by atoms with Crippen LogP contribution >= 0.6 is 0 Å². The van der Waals surface area contributed by atoms with Crippen LogP contribution in [0.15, 0.2) is 4.42 Å². The highest BCUT2D eigenvalue weighted by molar-refractivity contribution is 5.20. The molecule has 1 fully saturated rings. The molecule has 0 radical (unpaired) electrons. The molecule has 2 rings (SSSR count). The van der Waals surface area contributed by atoms with Gasteiger partial charge in [0.2, 0.25) is 5.89 Å².